The van der Waals surface area contributed by atoms with Gasteiger partial charge in [-0.25, -0.2) is 4.79 Å². The van der Waals surface area contributed by atoms with Crippen molar-refractivity contribution in [2.24, 2.45) is 11.7 Å². The summed E-state index contributed by atoms with van der Waals surface area (Å²) in [6.45, 7) is 1.07. The second-order valence-corrected chi connectivity index (χ2v) is 6.37. The quantitative estimate of drug-likeness (QED) is 0.830. The lowest BCUT2D eigenvalue weighted by atomic mass is 9.88. The van der Waals surface area contributed by atoms with Gasteiger partial charge >= 0.3 is 6.03 Å². The number of primary amides is 1. The summed E-state index contributed by atoms with van der Waals surface area (Å²) in [4.78, 5) is 37.9. The van der Waals surface area contributed by atoms with E-state index in [9.17, 15) is 14.4 Å². The van der Waals surface area contributed by atoms with Crippen LogP contribution in [0.25, 0.3) is 0 Å². The van der Waals surface area contributed by atoms with Crippen molar-refractivity contribution < 1.29 is 14.4 Å². The number of rotatable bonds is 4. The zero-order valence-corrected chi connectivity index (χ0v) is 14.4. The van der Waals surface area contributed by atoms with Crippen LogP contribution < -0.4 is 11.1 Å². The standard InChI is InChI=1S/C20H21N3O3/c21-20(26)22-17-8-4-7-16(13-17)19(25)23-11-9-15(10-12-23)18(24)14-5-2-1-3-6-14/h1-8,13,15H,9-12H2,(H3,21,22,26). The first-order valence-electron chi connectivity index (χ1n) is 8.59. The molecule has 3 rings (SSSR count). The van der Waals surface area contributed by atoms with Gasteiger partial charge in [0.05, 0.1) is 0 Å². The van der Waals surface area contributed by atoms with Crippen molar-refractivity contribution in [1.29, 1.82) is 0 Å². The second-order valence-electron chi connectivity index (χ2n) is 6.37. The number of amides is 3. The number of likely N-dealkylation sites (tertiary alicyclic amines) is 1. The van der Waals surface area contributed by atoms with E-state index >= 15 is 0 Å². The molecule has 26 heavy (non-hydrogen) atoms. The third kappa shape index (κ3) is 4.08. The van der Waals surface area contributed by atoms with Crippen LogP contribution in [0.1, 0.15) is 33.6 Å². The molecule has 0 spiro atoms. The van der Waals surface area contributed by atoms with Gasteiger partial charge in [0.25, 0.3) is 5.91 Å². The smallest absolute Gasteiger partial charge is 0.316 e. The number of hydrogen-bond acceptors (Lipinski definition) is 3. The molecule has 2 aromatic carbocycles. The van der Waals surface area contributed by atoms with Crippen LogP contribution >= 0.6 is 0 Å². The predicted octanol–water partition coefficient (Wildman–Crippen LogP) is 2.91. The lowest BCUT2D eigenvalue weighted by molar-refractivity contribution is 0.0650. The maximum absolute atomic E-state index is 12.7. The fourth-order valence-electron chi connectivity index (χ4n) is 3.24. The molecule has 0 aliphatic carbocycles. The van der Waals surface area contributed by atoms with E-state index < -0.39 is 6.03 Å². The van der Waals surface area contributed by atoms with Crippen molar-refractivity contribution in [2.75, 3.05) is 18.4 Å². The molecule has 134 valence electrons. The molecule has 0 radical (unpaired) electrons. The van der Waals surface area contributed by atoms with E-state index in [1.807, 2.05) is 30.3 Å². The Hall–Kier alpha value is -3.15. The molecule has 3 amide bonds. The normalized spacial score (nSPS) is 14.7. The van der Waals surface area contributed by atoms with Gasteiger partial charge in [-0.3, -0.25) is 9.59 Å². The number of carbonyl (C=O) groups is 3. The molecule has 3 N–H and O–H groups in total. The minimum Gasteiger partial charge on any atom is -0.351 e. The highest BCUT2D eigenvalue weighted by Gasteiger charge is 2.28. The molecule has 0 aromatic heterocycles. The van der Waals surface area contributed by atoms with Gasteiger partial charge in [0, 0.05) is 35.8 Å². The van der Waals surface area contributed by atoms with Crippen LogP contribution in [0.3, 0.4) is 0 Å². The Balaban J connectivity index is 1.62. The van der Waals surface area contributed by atoms with Crippen molar-refractivity contribution in [3.05, 3.63) is 65.7 Å². The van der Waals surface area contributed by atoms with Crippen LogP contribution in [0, 0.1) is 5.92 Å². The van der Waals surface area contributed by atoms with Crippen LogP contribution in [0.5, 0.6) is 0 Å². The number of carbonyl (C=O) groups excluding carboxylic acids is 3. The van der Waals surface area contributed by atoms with Gasteiger partial charge in [-0.15, -0.1) is 0 Å². The summed E-state index contributed by atoms with van der Waals surface area (Å²) < 4.78 is 0. The molecule has 0 bridgehead atoms. The molecule has 0 unspecified atom stereocenters. The van der Waals surface area contributed by atoms with Crippen molar-refractivity contribution in [2.45, 2.75) is 12.8 Å². The first-order valence-corrected chi connectivity index (χ1v) is 8.59. The van der Waals surface area contributed by atoms with Crippen molar-refractivity contribution in [3.8, 4) is 0 Å². The average Bonchev–Trinajstić information content (AvgIpc) is 2.67. The van der Waals surface area contributed by atoms with Crippen molar-refractivity contribution >= 4 is 23.4 Å². The Bertz CT molecular complexity index is 812. The third-order valence-corrected chi connectivity index (χ3v) is 4.59. The minimum atomic E-state index is -0.671. The number of anilines is 1. The SMILES string of the molecule is NC(=O)Nc1cccc(C(=O)N2CCC(C(=O)c3ccccc3)CC2)c1. The molecule has 1 aliphatic rings. The predicted molar refractivity (Wildman–Crippen MR) is 99.0 cm³/mol. The maximum Gasteiger partial charge on any atom is 0.316 e. The molecule has 0 atom stereocenters. The number of urea groups is 1. The Morgan fingerprint density at radius 1 is 0.923 bits per heavy atom. The molecule has 6 nitrogen and oxygen atoms in total. The second kappa shape index (κ2) is 7.82. The van der Waals surface area contributed by atoms with Crippen molar-refractivity contribution in [1.82, 2.24) is 4.90 Å². The first kappa shape index (κ1) is 17.7. The van der Waals surface area contributed by atoms with Gasteiger partial charge in [-0.05, 0) is 31.0 Å². The highest BCUT2D eigenvalue weighted by molar-refractivity contribution is 5.99. The largest absolute Gasteiger partial charge is 0.351 e. The minimum absolute atomic E-state index is 0.0516. The topological polar surface area (TPSA) is 92.5 Å². The van der Waals surface area contributed by atoms with Gasteiger partial charge in [-0.2, -0.15) is 0 Å². The molecular weight excluding hydrogens is 330 g/mol. The highest BCUT2D eigenvalue weighted by Crippen LogP contribution is 2.23. The summed E-state index contributed by atoms with van der Waals surface area (Å²) >= 11 is 0. The van der Waals surface area contributed by atoms with E-state index in [0.29, 0.717) is 37.2 Å². The van der Waals surface area contributed by atoms with Gasteiger partial charge in [-0.1, -0.05) is 36.4 Å². The summed E-state index contributed by atoms with van der Waals surface area (Å²) in [5.74, 6) is -0.0154. The van der Waals surface area contributed by atoms with E-state index in [0.717, 1.165) is 5.56 Å². The summed E-state index contributed by atoms with van der Waals surface area (Å²) in [5, 5.41) is 2.47. The van der Waals surface area contributed by atoms with Gasteiger partial charge in [0.2, 0.25) is 0 Å². The molecular formula is C20H21N3O3. The molecule has 1 heterocycles. The van der Waals surface area contributed by atoms with Crippen LogP contribution in [0.4, 0.5) is 10.5 Å². The molecule has 1 aliphatic heterocycles. The number of nitrogens with zero attached hydrogens (tertiary/aromatic N) is 1. The first-order chi connectivity index (χ1) is 12.5. The Morgan fingerprint density at radius 2 is 1.58 bits per heavy atom. The Labute approximate surface area is 152 Å². The average molecular weight is 351 g/mol. The molecule has 6 heteroatoms. The highest BCUT2D eigenvalue weighted by atomic mass is 16.2. The Morgan fingerprint density at radius 3 is 2.23 bits per heavy atom. The van der Waals surface area contributed by atoms with E-state index in [-0.39, 0.29) is 17.6 Å². The number of ketones is 1. The van der Waals surface area contributed by atoms with Crippen LogP contribution in [0.2, 0.25) is 0 Å². The molecule has 1 fully saturated rings. The maximum atomic E-state index is 12.7. The van der Waals surface area contributed by atoms with Crippen LogP contribution in [-0.2, 0) is 0 Å². The zero-order chi connectivity index (χ0) is 18.5. The summed E-state index contributed by atoms with van der Waals surface area (Å²) in [5.41, 5.74) is 6.81. The Kier molecular flexibility index (Phi) is 5.31. The summed E-state index contributed by atoms with van der Waals surface area (Å²) in [7, 11) is 0. The number of piperidine rings is 1. The van der Waals surface area contributed by atoms with E-state index in [1.165, 1.54) is 0 Å². The van der Waals surface area contributed by atoms with E-state index in [2.05, 4.69) is 5.32 Å². The van der Waals surface area contributed by atoms with Gasteiger partial charge in [0.15, 0.2) is 5.78 Å². The zero-order valence-electron chi connectivity index (χ0n) is 14.4. The number of nitrogens with two attached hydrogens (primary N) is 1. The van der Waals surface area contributed by atoms with Gasteiger partial charge < -0.3 is 16.0 Å². The summed E-state index contributed by atoms with van der Waals surface area (Å²) in [6.07, 6.45) is 1.30. The lowest BCUT2D eigenvalue weighted by Crippen LogP contribution is -2.40. The summed E-state index contributed by atoms with van der Waals surface area (Å²) in [6, 6.07) is 15.3. The number of nitrogens with one attached hydrogen (secondary N) is 1. The fourth-order valence-corrected chi connectivity index (χ4v) is 3.24. The monoisotopic (exact) mass is 351 g/mol. The molecule has 0 saturated carbocycles. The van der Waals surface area contributed by atoms with Gasteiger partial charge in [0.1, 0.15) is 0 Å². The lowest BCUT2D eigenvalue weighted by Gasteiger charge is -2.31. The fraction of sp³-hybridized carbons (Fsp3) is 0.250. The number of benzene rings is 2. The van der Waals surface area contributed by atoms with E-state index in [1.54, 1.807) is 29.2 Å². The van der Waals surface area contributed by atoms with Crippen molar-refractivity contribution in [3.63, 3.8) is 0 Å². The third-order valence-electron chi connectivity index (χ3n) is 4.59. The number of hydrogen-bond donors (Lipinski definition) is 2. The van der Waals surface area contributed by atoms with E-state index in [4.69, 9.17) is 5.73 Å². The van der Waals surface area contributed by atoms with Crippen LogP contribution in [-0.4, -0.2) is 35.7 Å². The molecule has 2 aromatic rings. The van der Waals surface area contributed by atoms with Crippen LogP contribution in [0.15, 0.2) is 54.6 Å². The molecule has 1 saturated heterocycles. The number of Topliss-reactive ketones (excluding diaryl/α,β-unsaturated/α-hetero) is 1.